The van der Waals surface area contributed by atoms with Gasteiger partial charge in [-0.1, -0.05) is 29.1 Å². The second kappa shape index (κ2) is 8.81. The lowest BCUT2D eigenvalue weighted by Gasteiger charge is -2.32. The van der Waals surface area contributed by atoms with E-state index in [1.165, 1.54) is 0 Å². The summed E-state index contributed by atoms with van der Waals surface area (Å²) in [5.41, 5.74) is 6.98. The Kier molecular flexibility index (Phi) is 6.41. The first-order valence-corrected chi connectivity index (χ1v) is 9.80. The third kappa shape index (κ3) is 4.07. The van der Waals surface area contributed by atoms with Crippen LogP contribution in [0.2, 0.25) is 10.0 Å². The molecule has 0 unspecified atom stereocenters. The van der Waals surface area contributed by atoms with Crippen LogP contribution in [0, 0.1) is 12.3 Å². The topological polar surface area (TPSA) is 87.8 Å². The minimum atomic E-state index is -0.803. The number of ketones is 1. The second-order valence-corrected chi connectivity index (χ2v) is 7.27. The molecule has 8 heteroatoms. The molecule has 152 valence electrons. The molecule has 0 fully saturated rings. The van der Waals surface area contributed by atoms with Gasteiger partial charge in [0.2, 0.25) is 5.88 Å². The van der Waals surface area contributed by atoms with Gasteiger partial charge in [-0.2, -0.15) is 0 Å². The fourth-order valence-electron chi connectivity index (χ4n) is 3.50. The summed E-state index contributed by atoms with van der Waals surface area (Å²) >= 11 is 12.7. The minimum absolute atomic E-state index is 0.00916. The molecular formula is C21H19Cl2NO5. The number of esters is 1. The highest BCUT2D eigenvalue weighted by Crippen LogP contribution is 2.46. The Hall–Kier alpha value is -2.62. The molecule has 1 aliphatic heterocycles. The van der Waals surface area contributed by atoms with Gasteiger partial charge in [-0.05, 0) is 31.0 Å². The summed E-state index contributed by atoms with van der Waals surface area (Å²) in [7, 11) is 0. The van der Waals surface area contributed by atoms with Crippen molar-refractivity contribution in [1.29, 1.82) is 0 Å². The number of terminal acetylenes is 1. The zero-order valence-electron chi connectivity index (χ0n) is 15.7. The van der Waals surface area contributed by atoms with Gasteiger partial charge in [-0.15, -0.1) is 6.42 Å². The highest BCUT2D eigenvalue weighted by atomic mass is 35.5. The Morgan fingerprint density at radius 3 is 2.66 bits per heavy atom. The lowest BCUT2D eigenvalue weighted by atomic mass is 9.77. The Morgan fingerprint density at radius 2 is 2.03 bits per heavy atom. The fourth-order valence-corrected chi connectivity index (χ4v) is 4.11. The van der Waals surface area contributed by atoms with Gasteiger partial charge in [-0.25, -0.2) is 4.79 Å². The smallest absolute Gasteiger partial charge is 0.340 e. The van der Waals surface area contributed by atoms with E-state index in [1.54, 1.807) is 19.1 Å². The Morgan fingerprint density at radius 1 is 1.34 bits per heavy atom. The lowest BCUT2D eigenvalue weighted by molar-refractivity contribution is -0.139. The molecular weight excluding hydrogens is 417 g/mol. The van der Waals surface area contributed by atoms with Crippen molar-refractivity contribution in [2.75, 3.05) is 13.2 Å². The molecule has 1 aromatic carbocycles. The molecule has 0 saturated carbocycles. The molecule has 1 atom stereocenters. The number of hydrogen-bond acceptors (Lipinski definition) is 6. The quantitative estimate of drug-likeness (QED) is 0.557. The van der Waals surface area contributed by atoms with Crippen molar-refractivity contribution >= 4 is 35.0 Å². The van der Waals surface area contributed by atoms with E-state index in [-0.39, 0.29) is 46.2 Å². The Balaban J connectivity index is 2.16. The molecule has 0 bridgehead atoms. The Bertz CT molecular complexity index is 951. The second-order valence-electron chi connectivity index (χ2n) is 6.45. The van der Waals surface area contributed by atoms with Gasteiger partial charge >= 0.3 is 5.97 Å². The molecule has 0 aromatic heterocycles. The standard InChI is InChI=1S/C21H19Cl2NO5/c1-3-8-28-19-12(22)9-11(10-13(19)23)16-17-14(25)6-5-7-15(17)29-20(24)18(16)21(26)27-4-2/h1,9-10,16H,4-8,24H2,2H3/t16-/m0/s1. The molecule has 2 aliphatic rings. The van der Waals surface area contributed by atoms with Crippen LogP contribution in [0.4, 0.5) is 0 Å². The zero-order valence-corrected chi connectivity index (χ0v) is 17.2. The van der Waals surface area contributed by atoms with E-state index in [1.807, 2.05) is 0 Å². The number of rotatable bonds is 5. The van der Waals surface area contributed by atoms with E-state index in [0.29, 0.717) is 36.2 Å². The summed E-state index contributed by atoms with van der Waals surface area (Å²) in [6, 6.07) is 3.16. The summed E-state index contributed by atoms with van der Waals surface area (Å²) in [5.74, 6) is 1.33. The van der Waals surface area contributed by atoms with Crippen LogP contribution in [0.3, 0.4) is 0 Å². The number of Topliss-reactive ketones (excluding diaryl/α,β-unsaturated/α-hetero) is 1. The minimum Gasteiger partial charge on any atom is -0.478 e. The number of benzene rings is 1. The molecule has 1 aromatic rings. The maximum atomic E-state index is 12.8. The van der Waals surface area contributed by atoms with E-state index in [4.69, 9.17) is 49.6 Å². The molecule has 29 heavy (non-hydrogen) atoms. The highest BCUT2D eigenvalue weighted by Gasteiger charge is 2.41. The molecule has 0 saturated heterocycles. The molecule has 0 amide bonds. The number of hydrogen-bond donors (Lipinski definition) is 1. The normalized spacial score (nSPS) is 18.7. The van der Waals surface area contributed by atoms with Crippen LogP contribution in [-0.2, 0) is 19.1 Å². The van der Waals surface area contributed by atoms with E-state index in [2.05, 4.69) is 5.92 Å². The molecule has 1 heterocycles. The van der Waals surface area contributed by atoms with Crippen molar-refractivity contribution in [3.8, 4) is 18.1 Å². The first-order valence-electron chi connectivity index (χ1n) is 9.05. The average molecular weight is 436 g/mol. The van der Waals surface area contributed by atoms with Gasteiger partial charge in [0.1, 0.15) is 17.9 Å². The van der Waals surface area contributed by atoms with Gasteiger partial charge in [0.05, 0.1) is 22.6 Å². The van der Waals surface area contributed by atoms with Crippen LogP contribution in [0.5, 0.6) is 5.75 Å². The number of carbonyl (C=O) groups excluding carboxylic acids is 2. The van der Waals surface area contributed by atoms with Gasteiger partial charge < -0.3 is 19.9 Å². The number of halogens is 2. The number of ether oxygens (including phenoxy) is 3. The zero-order chi connectivity index (χ0) is 21.1. The van der Waals surface area contributed by atoms with Crippen molar-refractivity contribution in [1.82, 2.24) is 0 Å². The van der Waals surface area contributed by atoms with Gasteiger partial charge in [0.25, 0.3) is 0 Å². The van der Waals surface area contributed by atoms with Gasteiger partial charge in [0.15, 0.2) is 11.5 Å². The van der Waals surface area contributed by atoms with Crippen molar-refractivity contribution in [2.24, 2.45) is 5.73 Å². The highest BCUT2D eigenvalue weighted by molar-refractivity contribution is 6.37. The van der Waals surface area contributed by atoms with Gasteiger partial charge in [0, 0.05) is 18.4 Å². The van der Waals surface area contributed by atoms with Crippen molar-refractivity contribution < 1.29 is 23.8 Å². The van der Waals surface area contributed by atoms with E-state index < -0.39 is 11.9 Å². The third-order valence-electron chi connectivity index (χ3n) is 4.63. The number of nitrogens with two attached hydrogens (primary N) is 1. The maximum Gasteiger partial charge on any atom is 0.340 e. The first kappa shape index (κ1) is 21.1. The maximum absolute atomic E-state index is 12.8. The summed E-state index contributed by atoms with van der Waals surface area (Å²) in [5, 5.41) is 0.392. The van der Waals surface area contributed by atoms with Crippen LogP contribution < -0.4 is 10.5 Å². The average Bonchev–Trinajstić information content (AvgIpc) is 2.66. The lowest BCUT2D eigenvalue weighted by Crippen LogP contribution is -2.31. The molecule has 2 N–H and O–H groups in total. The molecule has 0 spiro atoms. The molecule has 3 rings (SSSR count). The summed E-state index contributed by atoms with van der Waals surface area (Å²) in [4.78, 5) is 25.4. The van der Waals surface area contributed by atoms with Crippen molar-refractivity contribution in [2.45, 2.75) is 32.1 Å². The predicted molar refractivity (Wildman–Crippen MR) is 108 cm³/mol. The van der Waals surface area contributed by atoms with Crippen LogP contribution in [-0.4, -0.2) is 25.0 Å². The van der Waals surface area contributed by atoms with Crippen LogP contribution in [0.1, 0.15) is 37.7 Å². The largest absolute Gasteiger partial charge is 0.478 e. The van der Waals surface area contributed by atoms with Gasteiger partial charge in [-0.3, -0.25) is 4.79 Å². The summed E-state index contributed by atoms with van der Waals surface area (Å²) in [6.07, 6.45) is 6.75. The summed E-state index contributed by atoms with van der Waals surface area (Å²) in [6.45, 7) is 1.81. The van der Waals surface area contributed by atoms with Crippen molar-refractivity contribution in [3.05, 3.63) is 50.5 Å². The Labute approximate surface area is 178 Å². The SMILES string of the molecule is C#CCOc1c(Cl)cc([C@@H]2C(C(=O)OCC)=C(N)OC3=C2C(=O)CCC3)cc1Cl. The number of allylic oxidation sites excluding steroid dienone is 2. The van der Waals surface area contributed by atoms with Crippen molar-refractivity contribution in [3.63, 3.8) is 0 Å². The van der Waals surface area contributed by atoms with Crippen LogP contribution in [0.15, 0.2) is 34.9 Å². The first-order chi connectivity index (χ1) is 13.9. The van der Waals surface area contributed by atoms with Crippen LogP contribution >= 0.6 is 23.2 Å². The van der Waals surface area contributed by atoms with E-state index >= 15 is 0 Å². The molecule has 0 radical (unpaired) electrons. The van der Waals surface area contributed by atoms with E-state index in [9.17, 15) is 9.59 Å². The number of carbonyl (C=O) groups is 2. The molecule has 1 aliphatic carbocycles. The van der Waals surface area contributed by atoms with Crippen LogP contribution in [0.25, 0.3) is 0 Å². The summed E-state index contributed by atoms with van der Waals surface area (Å²) < 4.78 is 16.2. The monoisotopic (exact) mass is 435 g/mol. The fraction of sp³-hybridized carbons (Fsp3) is 0.333. The molecule has 6 nitrogen and oxygen atoms in total. The predicted octanol–water partition coefficient (Wildman–Crippen LogP) is 3.86. The third-order valence-corrected chi connectivity index (χ3v) is 5.20. The van der Waals surface area contributed by atoms with E-state index in [0.717, 1.165) is 0 Å².